The smallest absolute Gasteiger partial charge is 0.329 e. The first-order valence-electron chi connectivity index (χ1n) is 16.1. The maximum absolute atomic E-state index is 13.5. The summed E-state index contributed by atoms with van der Waals surface area (Å²) in [4.78, 5) is 27.9. The van der Waals surface area contributed by atoms with Crippen molar-refractivity contribution < 1.29 is 31.8 Å². The number of piperidine rings is 1. The molecule has 1 fully saturated rings. The number of benzene rings is 2. The molecule has 1 unspecified atom stereocenters. The van der Waals surface area contributed by atoms with Gasteiger partial charge in [-0.15, -0.1) is 0 Å². The maximum atomic E-state index is 13.5. The number of sulfonamides is 1. The third-order valence-electron chi connectivity index (χ3n) is 9.24. The average molecular weight is 687 g/mol. The van der Waals surface area contributed by atoms with Gasteiger partial charge in [-0.3, -0.25) is 18.6 Å². The summed E-state index contributed by atoms with van der Waals surface area (Å²) in [6.45, 7) is 4.03. The molecule has 6 rings (SSSR count). The molecule has 2 aromatic carbocycles. The van der Waals surface area contributed by atoms with E-state index in [1.807, 2.05) is 24.3 Å². The lowest BCUT2D eigenvalue weighted by Crippen LogP contribution is -2.42. The number of carbonyl (C=O) groups is 1. The van der Waals surface area contributed by atoms with Gasteiger partial charge in [0.25, 0.3) is 6.43 Å². The molecule has 258 valence electrons. The average Bonchev–Trinajstić information content (AvgIpc) is 3.55. The van der Waals surface area contributed by atoms with Gasteiger partial charge in [0.05, 0.1) is 42.2 Å². The zero-order chi connectivity index (χ0) is 34.2. The van der Waals surface area contributed by atoms with E-state index in [-0.39, 0.29) is 50.1 Å². The van der Waals surface area contributed by atoms with Crippen LogP contribution in [0.5, 0.6) is 0 Å². The zero-order valence-electron chi connectivity index (χ0n) is 27.0. The monoisotopic (exact) mass is 686 g/mol. The number of fused-ring (bicyclic) bond motifs is 2. The van der Waals surface area contributed by atoms with Crippen molar-refractivity contribution in [2.24, 2.45) is 0 Å². The molecule has 0 amide bonds. The number of halogens is 2. The molecule has 2 aliphatic heterocycles. The van der Waals surface area contributed by atoms with E-state index in [9.17, 15) is 31.9 Å². The van der Waals surface area contributed by atoms with Crippen molar-refractivity contribution in [2.75, 3.05) is 39.0 Å². The Balaban J connectivity index is 1.16. The minimum atomic E-state index is -3.47. The number of para-hydroxylation sites is 2. The quantitative estimate of drug-likeness (QED) is 0.238. The highest BCUT2D eigenvalue weighted by Crippen LogP contribution is 2.33. The van der Waals surface area contributed by atoms with Crippen LogP contribution in [0.15, 0.2) is 53.3 Å². The Morgan fingerprint density at radius 1 is 1.04 bits per heavy atom. The molecule has 0 spiro atoms. The molecule has 12 nitrogen and oxygen atoms in total. The second kappa shape index (κ2) is 13.9. The number of ether oxygens (including phenoxy) is 1. The van der Waals surface area contributed by atoms with Crippen LogP contribution in [0.1, 0.15) is 49.1 Å². The van der Waals surface area contributed by atoms with Gasteiger partial charge < -0.3 is 14.7 Å². The van der Waals surface area contributed by atoms with Gasteiger partial charge in [-0.1, -0.05) is 36.4 Å². The number of β-amino-alcohol motifs (C(OH)–C–C–N with tert-alkyl or cyclic N) is 1. The zero-order valence-corrected chi connectivity index (χ0v) is 27.8. The summed E-state index contributed by atoms with van der Waals surface area (Å²) in [7, 11) is -3.47. The summed E-state index contributed by atoms with van der Waals surface area (Å²) in [5.74, 6) is -0.464. The van der Waals surface area contributed by atoms with Crippen LogP contribution in [0.25, 0.3) is 22.3 Å². The fraction of sp³-hybridized carbons (Fsp3) is 0.485. The SMILES string of the molecule is CCOC(=O)Cn1c(=O)n(C2CCN(CC(O)Cn3nc(-c4ccc(C(F)F)cc4)c4c3CCN(S(C)(=O)=O)C4)CC2)c2ccccc21. The summed E-state index contributed by atoms with van der Waals surface area (Å²) in [6, 6.07) is 13.2. The molecule has 0 saturated carbocycles. The normalized spacial score (nSPS) is 17.2. The number of rotatable bonds is 11. The molecule has 2 aromatic heterocycles. The number of aliphatic hydroxyl groups is 1. The van der Waals surface area contributed by atoms with E-state index in [1.54, 1.807) is 28.3 Å². The van der Waals surface area contributed by atoms with Gasteiger partial charge in [0.15, 0.2) is 0 Å². The molecule has 1 N–H and O–H groups in total. The minimum absolute atomic E-state index is 0.0748. The second-order valence-corrected chi connectivity index (χ2v) is 14.4. The molecule has 1 atom stereocenters. The number of esters is 1. The standard InChI is InChI=1S/C33H40F2N6O6S/c1-3-47-30(43)21-39-28-6-4-5-7-29(28)41(33(39)44)24-12-15-37(16-13-24)18-25(42)19-40-27-14-17-38(48(2,45)46)20-26(27)31(36-40)22-8-10-23(11-9-22)32(34)35/h4-11,24-25,32,42H,3,12-21H2,1-2H3. The summed E-state index contributed by atoms with van der Waals surface area (Å²) < 4.78 is 62.5. The molecule has 0 bridgehead atoms. The van der Waals surface area contributed by atoms with Crippen molar-refractivity contribution in [3.05, 3.63) is 75.8 Å². The number of aliphatic hydroxyl groups excluding tert-OH is 1. The Kier molecular flexibility index (Phi) is 9.83. The lowest BCUT2D eigenvalue weighted by molar-refractivity contribution is -0.143. The topological polar surface area (TPSA) is 132 Å². The highest BCUT2D eigenvalue weighted by atomic mass is 32.2. The van der Waals surface area contributed by atoms with Crippen LogP contribution in [0.4, 0.5) is 8.78 Å². The van der Waals surface area contributed by atoms with E-state index in [0.717, 1.165) is 17.5 Å². The van der Waals surface area contributed by atoms with Gasteiger partial charge >= 0.3 is 11.7 Å². The van der Waals surface area contributed by atoms with Crippen LogP contribution >= 0.6 is 0 Å². The Labute approximate surface area is 277 Å². The Hall–Kier alpha value is -3.92. The van der Waals surface area contributed by atoms with Crippen molar-refractivity contribution >= 4 is 27.0 Å². The molecule has 48 heavy (non-hydrogen) atoms. The van der Waals surface area contributed by atoms with Crippen LogP contribution in [0.2, 0.25) is 0 Å². The molecular formula is C33H40F2N6O6S. The summed E-state index contributed by atoms with van der Waals surface area (Å²) >= 11 is 0. The highest BCUT2D eigenvalue weighted by Gasteiger charge is 2.31. The summed E-state index contributed by atoms with van der Waals surface area (Å²) in [5, 5.41) is 16.0. The van der Waals surface area contributed by atoms with E-state index >= 15 is 0 Å². The first-order valence-corrected chi connectivity index (χ1v) is 18.0. The van der Waals surface area contributed by atoms with Gasteiger partial charge in [-0.25, -0.2) is 22.0 Å². The molecule has 0 aliphatic carbocycles. The second-order valence-electron chi connectivity index (χ2n) is 12.4. The third kappa shape index (κ3) is 6.95. The fourth-order valence-corrected chi connectivity index (χ4v) is 7.69. The number of hydrogen-bond acceptors (Lipinski definition) is 8. The number of imidazole rings is 1. The Morgan fingerprint density at radius 2 is 1.73 bits per heavy atom. The van der Waals surface area contributed by atoms with E-state index in [2.05, 4.69) is 4.90 Å². The predicted octanol–water partition coefficient (Wildman–Crippen LogP) is 3.18. The lowest BCUT2D eigenvalue weighted by atomic mass is 10.0. The van der Waals surface area contributed by atoms with E-state index in [4.69, 9.17) is 9.84 Å². The van der Waals surface area contributed by atoms with Crippen molar-refractivity contribution in [1.82, 2.24) is 28.1 Å². The van der Waals surface area contributed by atoms with Gasteiger partial charge in [-0.05, 0) is 31.9 Å². The highest BCUT2D eigenvalue weighted by molar-refractivity contribution is 7.88. The summed E-state index contributed by atoms with van der Waals surface area (Å²) in [6.07, 6.45) is -0.481. The summed E-state index contributed by atoms with van der Waals surface area (Å²) in [5.41, 5.74) is 3.72. The number of hydrogen-bond donors (Lipinski definition) is 1. The molecular weight excluding hydrogens is 646 g/mol. The Bertz CT molecular complexity index is 1950. The van der Waals surface area contributed by atoms with E-state index in [1.165, 1.54) is 21.0 Å². The number of nitrogens with zero attached hydrogens (tertiary/aromatic N) is 6. The molecule has 1 saturated heterocycles. The first-order chi connectivity index (χ1) is 22.9. The minimum Gasteiger partial charge on any atom is -0.465 e. The van der Waals surface area contributed by atoms with Gasteiger partial charge in [0.1, 0.15) is 6.54 Å². The van der Waals surface area contributed by atoms with Crippen LogP contribution in [0.3, 0.4) is 0 Å². The lowest BCUT2D eigenvalue weighted by Gasteiger charge is -2.33. The van der Waals surface area contributed by atoms with Crippen LogP contribution in [0, 0.1) is 0 Å². The number of aromatic nitrogens is 4. The molecule has 4 aromatic rings. The van der Waals surface area contributed by atoms with Crippen molar-refractivity contribution in [2.45, 2.75) is 64.4 Å². The maximum Gasteiger partial charge on any atom is 0.329 e. The van der Waals surface area contributed by atoms with Crippen LogP contribution < -0.4 is 5.69 Å². The number of alkyl halides is 2. The van der Waals surface area contributed by atoms with Gasteiger partial charge in [-0.2, -0.15) is 9.40 Å². The van der Waals surface area contributed by atoms with Crippen LogP contribution in [-0.4, -0.2) is 92.8 Å². The largest absolute Gasteiger partial charge is 0.465 e. The van der Waals surface area contributed by atoms with E-state index in [0.29, 0.717) is 61.2 Å². The first kappa shape index (κ1) is 34.0. The third-order valence-corrected chi connectivity index (χ3v) is 10.5. The molecule has 15 heteroatoms. The molecule has 4 heterocycles. The predicted molar refractivity (Wildman–Crippen MR) is 175 cm³/mol. The Morgan fingerprint density at radius 3 is 2.38 bits per heavy atom. The fourth-order valence-electron chi connectivity index (χ4n) is 6.91. The van der Waals surface area contributed by atoms with Crippen LogP contribution in [-0.2, 0) is 45.6 Å². The van der Waals surface area contributed by atoms with Crippen molar-refractivity contribution in [3.8, 4) is 11.3 Å². The number of carbonyl (C=O) groups excluding carboxylic acids is 1. The molecule has 0 radical (unpaired) electrons. The van der Waals surface area contributed by atoms with E-state index < -0.39 is 28.5 Å². The molecule has 2 aliphatic rings. The van der Waals surface area contributed by atoms with Crippen molar-refractivity contribution in [3.63, 3.8) is 0 Å². The van der Waals surface area contributed by atoms with Crippen molar-refractivity contribution in [1.29, 1.82) is 0 Å². The number of likely N-dealkylation sites (tertiary alicyclic amines) is 1. The van der Waals surface area contributed by atoms with Gasteiger partial charge in [0.2, 0.25) is 10.0 Å². The van der Waals surface area contributed by atoms with Gasteiger partial charge in [0, 0.05) is 67.6 Å².